The standard InChI is InChI=1S/C23H21IN6O2/c24-16-4-5-17-15(12-16)14-30(23(17)32)21-3-1-2-18(27-21)22(31)28-19-13-26-7-6-20(19)29-10-8-25-9-11-29/h1-7,12-13,25H,8-11,14H2,(H,28,31). The molecule has 32 heavy (non-hydrogen) atoms. The zero-order chi connectivity index (χ0) is 22.1. The van der Waals surface area contributed by atoms with Crippen molar-refractivity contribution in [3.8, 4) is 0 Å². The Hall–Kier alpha value is -3.05. The van der Waals surface area contributed by atoms with E-state index in [1.165, 1.54) is 0 Å². The van der Waals surface area contributed by atoms with Gasteiger partial charge >= 0.3 is 0 Å². The highest BCUT2D eigenvalue weighted by Gasteiger charge is 2.29. The molecule has 2 amide bonds. The van der Waals surface area contributed by atoms with E-state index in [-0.39, 0.29) is 17.5 Å². The Balaban J connectivity index is 1.37. The highest BCUT2D eigenvalue weighted by atomic mass is 127. The van der Waals surface area contributed by atoms with Crippen LogP contribution < -0.4 is 20.4 Å². The summed E-state index contributed by atoms with van der Waals surface area (Å²) in [7, 11) is 0. The summed E-state index contributed by atoms with van der Waals surface area (Å²) >= 11 is 2.23. The molecule has 2 N–H and O–H groups in total. The number of halogens is 1. The van der Waals surface area contributed by atoms with Crippen molar-refractivity contribution < 1.29 is 9.59 Å². The van der Waals surface area contributed by atoms with Gasteiger partial charge in [-0.15, -0.1) is 0 Å². The maximum Gasteiger partial charge on any atom is 0.274 e. The Kier molecular flexibility index (Phi) is 5.75. The van der Waals surface area contributed by atoms with E-state index in [2.05, 4.69) is 48.1 Å². The van der Waals surface area contributed by atoms with E-state index in [0.29, 0.717) is 23.6 Å². The average molecular weight is 540 g/mol. The number of nitrogens with zero attached hydrogens (tertiary/aromatic N) is 4. The van der Waals surface area contributed by atoms with Crippen molar-refractivity contribution in [3.63, 3.8) is 0 Å². The molecule has 4 heterocycles. The second kappa shape index (κ2) is 8.83. The smallest absolute Gasteiger partial charge is 0.274 e. The van der Waals surface area contributed by atoms with Gasteiger partial charge in [0.25, 0.3) is 11.8 Å². The Bertz CT molecular complexity index is 1190. The summed E-state index contributed by atoms with van der Waals surface area (Å²) in [4.78, 5) is 38.4. The van der Waals surface area contributed by atoms with Crippen molar-refractivity contribution in [3.05, 3.63) is 75.2 Å². The van der Waals surface area contributed by atoms with Crippen LogP contribution in [0.3, 0.4) is 0 Å². The van der Waals surface area contributed by atoms with Crippen LogP contribution in [0.2, 0.25) is 0 Å². The van der Waals surface area contributed by atoms with Crippen LogP contribution in [-0.2, 0) is 6.54 Å². The largest absolute Gasteiger partial charge is 0.367 e. The van der Waals surface area contributed by atoms with Crippen LogP contribution in [0.4, 0.5) is 17.2 Å². The van der Waals surface area contributed by atoms with E-state index in [9.17, 15) is 9.59 Å². The van der Waals surface area contributed by atoms with E-state index in [0.717, 1.165) is 41.0 Å². The predicted octanol–water partition coefficient (Wildman–Crippen LogP) is 2.90. The molecule has 0 unspecified atom stereocenters. The molecule has 0 bridgehead atoms. The second-order valence-electron chi connectivity index (χ2n) is 7.66. The number of carbonyl (C=O) groups excluding carboxylic acids is 2. The molecule has 0 atom stereocenters. The summed E-state index contributed by atoms with van der Waals surface area (Å²) in [5.41, 5.74) is 3.47. The van der Waals surface area contributed by atoms with Gasteiger partial charge in [-0.25, -0.2) is 4.98 Å². The summed E-state index contributed by atoms with van der Waals surface area (Å²) in [6.45, 7) is 3.95. The van der Waals surface area contributed by atoms with E-state index >= 15 is 0 Å². The van der Waals surface area contributed by atoms with Crippen molar-refractivity contribution >= 4 is 51.6 Å². The second-order valence-corrected chi connectivity index (χ2v) is 8.90. The first-order valence-corrected chi connectivity index (χ1v) is 11.5. The number of nitrogens with one attached hydrogen (secondary N) is 2. The molecule has 1 saturated heterocycles. The van der Waals surface area contributed by atoms with Crippen LogP contribution in [0.1, 0.15) is 26.4 Å². The van der Waals surface area contributed by atoms with Crippen molar-refractivity contribution in [2.45, 2.75) is 6.54 Å². The maximum absolute atomic E-state index is 13.0. The van der Waals surface area contributed by atoms with Crippen molar-refractivity contribution in [1.29, 1.82) is 0 Å². The van der Waals surface area contributed by atoms with Gasteiger partial charge in [-0.3, -0.25) is 19.5 Å². The first-order valence-electron chi connectivity index (χ1n) is 10.4. The number of anilines is 3. The quantitative estimate of drug-likeness (QED) is 0.495. The lowest BCUT2D eigenvalue weighted by Gasteiger charge is -2.30. The first kappa shape index (κ1) is 20.8. The van der Waals surface area contributed by atoms with E-state index in [4.69, 9.17) is 0 Å². The molecule has 3 aromatic rings. The van der Waals surface area contributed by atoms with Crippen LogP contribution in [0, 0.1) is 3.57 Å². The summed E-state index contributed by atoms with van der Waals surface area (Å²) in [5, 5.41) is 6.28. The number of fused-ring (bicyclic) bond motifs is 1. The van der Waals surface area contributed by atoms with Crippen molar-refractivity contribution in [2.75, 3.05) is 41.3 Å². The third-order valence-corrected chi connectivity index (χ3v) is 6.29. The number of hydrogen-bond donors (Lipinski definition) is 2. The average Bonchev–Trinajstić information content (AvgIpc) is 3.15. The van der Waals surface area contributed by atoms with Crippen LogP contribution in [0.15, 0.2) is 54.9 Å². The molecule has 2 aliphatic heterocycles. The van der Waals surface area contributed by atoms with Crippen LogP contribution in [0.5, 0.6) is 0 Å². The number of piperazine rings is 1. The van der Waals surface area contributed by atoms with E-state index in [1.807, 2.05) is 24.3 Å². The lowest BCUT2D eigenvalue weighted by atomic mass is 10.1. The first-order chi connectivity index (χ1) is 15.6. The van der Waals surface area contributed by atoms with Gasteiger partial charge in [0, 0.05) is 41.5 Å². The number of carbonyl (C=O) groups is 2. The minimum absolute atomic E-state index is 0.102. The minimum atomic E-state index is -0.338. The Morgan fingerprint density at radius 3 is 2.81 bits per heavy atom. The van der Waals surface area contributed by atoms with E-state index in [1.54, 1.807) is 35.5 Å². The van der Waals surface area contributed by atoms with Gasteiger partial charge in [-0.05, 0) is 64.6 Å². The molecule has 5 rings (SSSR count). The van der Waals surface area contributed by atoms with Gasteiger partial charge in [0.2, 0.25) is 0 Å². The summed E-state index contributed by atoms with van der Waals surface area (Å²) in [5.74, 6) is 0.0204. The third-order valence-electron chi connectivity index (χ3n) is 5.62. The topological polar surface area (TPSA) is 90.5 Å². The monoisotopic (exact) mass is 540 g/mol. The van der Waals surface area contributed by atoms with Crippen molar-refractivity contribution in [2.24, 2.45) is 0 Å². The molecule has 0 radical (unpaired) electrons. The number of pyridine rings is 2. The van der Waals surface area contributed by atoms with Crippen LogP contribution in [-0.4, -0.2) is 48.0 Å². The highest BCUT2D eigenvalue weighted by Crippen LogP contribution is 2.29. The van der Waals surface area contributed by atoms with Crippen LogP contribution >= 0.6 is 22.6 Å². The predicted molar refractivity (Wildman–Crippen MR) is 131 cm³/mol. The zero-order valence-corrected chi connectivity index (χ0v) is 19.4. The molecule has 1 aromatic carbocycles. The maximum atomic E-state index is 13.0. The van der Waals surface area contributed by atoms with Crippen LogP contribution in [0.25, 0.3) is 0 Å². The Morgan fingerprint density at radius 1 is 1.12 bits per heavy atom. The molecule has 0 aliphatic carbocycles. The SMILES string of the molecule is O=C(Nc1cnccc1N1CCNCC1)c1cccc(N2Cc3cc(I)ccc3C2=O)n1. The zero-order valence-electron chi connectivity index (χ0n) is 17.2. The van der Waals surface area contributed by atoms with Gasteiger partial charge < -0.3 is 15.5 Å². The molecule has 8 nitrogen and oxygen atoms in total. The molecule has 162 valence electrons. The number of amides is 2. The molecule has 0 spiro atoms. The normalized spacial score (nSPS) is 15.6. The fourth-order valence-electron chi connectivity index (χ4n) is 4.03. The molecule has 2 aromatic heterocycles. The van der Waals surface area contributed by atoms with Gasteiger partial charge in [-0.1, -0.05) is 6.07 Å². The minimum Gasteiger partial charge on any atom is -0.367 e. The van der Waals surface area contributed by atoms with Gasteiger partial charge in [0.15, 0.2) is 0 Å². The fourth-order valence-corrected chi connectivity index (χ4v) is 4.58. The lowest BCUT2D eigenvalue weighted by Crippen LogP contribution is -2.43. The molecule has 9 heteroatoms. The number of hydrogen-bond acceptors (Lipinski definition) is 6. The highest BCUT2D eigenvalue weighted by molar-refractivity contribution is 14.1. The summed E-state index contributed by atoms with van der Waals surface area (Å²) < 4.78 is 1.08. The molecule has 2 aliphatic rings. The van der Waals surface area contributed by atoms with E-state index < -0.39 is 0 Å². The van der Waals surface area contributed by atoms with Gasteiger partial charge in [0.1, 0.15) is 11.5 Å². The molecular formula is C23H21IN6O2. The number of aromatic nitrogens is 2. The van der Waals surface area contributed by atoms with Crippen molar-refractivity contribution in [1.82, 2.24) is 15.3 Å². The lowest BCUT2D eigenvalue weighted by molar-refractivity contribution is 0.0990. The number of benzene rings is 1. The molecule has 0 saturated carbocycles. The Labute approximate surface area is 199 Å². The molecular weight excluding hydrogens is 519 g/mol. The fraction of sp³-hybridized carbons (Fsp3) is 0.217. The third kappa shape index (κ3) is 4.05. The van der Waals surface area contributed by atoms with Gasteiger partial charge in [0.05, 0.1) is 24.1 Å². The Morgan fingerprint density at radius 2 is 1.97 bits per heavy atom. The summed E-state index contributed by atoms with van der Waals surface area (Å²) in [6, 6.07) is 12.8. The number of rotatable bonds is 4. The molecule has 1 fully saturated rings. The summed E-state index contributed by atoms with van der Waals surface area (Å²) in [6.07, 6.45) is 3.38. The van der Waals surface area contributed by atoms with Gasteiger partial charge in [-0.2, -0.15) is 0 Å².